The molecular formula is C14H28N2S. The third-order valence-electron chi connectivity index (χ3n) is 4.33. The van der Waals surface area contributed by atoms with Gasteiger partial charge in [-0.3, -0.25) is 4.90 Å². The predicted octanol–water partition coefficient (Wildman–Crippen LogP) is 2.50. The minimum atomic E-state index is 0.360. The SMILES string of the molecule is CC(C)(CS)CN1CCN(C2CCCC2)CC1. The number of hydrogen-bond acceptors (Lipinski definition) is 3. The fourth-order valence-electron chi connectivity index (χ4n) is 3.21. The molecule has 2 aliphatic rings. The Bertz CT molecular complexity index is 228. The van der Waals surface area contributed by atoms with E-state index in [-0.39, 0.29) is 0 Å². The lowest BCUT2D eigenvalue weighted by molar-refractivity contribution is 0.0779. The summed E-state index contributed by atoms with van der Waals surface area (Å²) in [5.41, 5.74) is 0.360. The largest absolute Gasteiger partial charge is 0.300 e. The van der Waals surface area contributed by atoms with Crippen LogP contribution in [0.5, 0.6) is 0 Å². The fraction of sp³-hybridized carbons (Fsp3) is 1.00. The molecule has 0 N–H and O–H groups in total. The second kappa shape index (κ2) is 5.94. The monoisotopic (exact) mass is 256 g/mol. The van der Waals surface area contributed by atoms with Crippen molar-refractivity contribution in [3.63, 3.8) is 0 Å². The van der Waals surface area contributed by atoms with Gasteiger partial charge in [0.15, 0.2) is 0 Å². The Morgan fingerprint density at radius 3 is 2.18 bits per heavy atom. The van der Waals surface area contributed by atoms with Crippen LogP contribution in [0.1, 0.15) is 39.5 Å². The van der Waals surface area contributed by atoms with E-state index in [9.17, 15) is 0 Å². The number of nitrogens with zero attached hydrogens (tertiary/aromatic N) is 2. The smallest absolute Gasteiger partial charge is 0.0113 e. The van der Waals surface area contributed by atoms with Gasteiger partial charge >= 0.3 is 0 Å². The zero-order chi connectivity index (χ0) is 12.3. The lowest BCUT2D eigenvalue weighted by atomic mass is 9.95. The first-order chi connectivity index (χ1) is 8.11. The van der Waals surface area contributed by atoms with E-state index in [2.05, 4.69) is 36.3 Å². The minimum Gasteiger partial charge on any atom is -0.300 e. The van der Waals surface area contributed by atoms with Crippen molar-refractivity contribution in [1.29, 1.82) is 0 Å². The van der Waals surface area contributed by atoms with Gasteiger partial charge in [0.2, 0.25) is 0 Å². The zero-order valence-electron chi connectivity index (χ0n) is 11.5. The van der Waals surface area contributed by atoms with E-state index in [1.54, 1.807) is 0 Å². The third kappa shape index (κ3) is 3.87. The zero-order valence-corrected chi connectivity index (χ0v) is 12.4. The van der Waals surface area contributed by atoms with E-state index in [0.717, 1.165) is 11.8 Å². The van der Waals surface area contributed by atoms with E-state index in [4.69, 9.17) is 0 Å². The van der Waals surface area contributed by atoms with Crippen LogP contribution >= 0.6 is 12.6 Å². The van der Waals surface area contributed by atoms with E-state index in [0.29, 0.717) is 5.41 Å². The molecule has 0 radical (unpaired) electrons. The van der Waals surface area contributed by atoms with Gasteiger partial charge in [-0.1, -0.05) is 26.7 Å². The Balaban J connectivity index is 1.74. The highest BCUT2D eigenvalue weighted by molar-refractivity contribution is 7.80. The standard InChI is InChI=1S/C14H28N2S/c1-14(2,12-17)11-15-7-9-16(10-8-15)13-5-3-4-6-13/h13,17H,3-12H2,1-2H3. The molecule has 0 bridgehead atoms. The highest BCUT2D eigenvalue weighted by atomic mass is 32.1. The maximum Gasteiger partial charge on any atom is 0.0113 e. The lowest BCUT2D eigenvalue weighted by Crippen LogP contribution is -2.51. The lowest BCUT2D eigenvalue weighted by Gasteiger charge is -2.40. The fourth-order valence-corrected chi connectivity index (χ4v) is 3.31. The van der Waals surface area contributed by atoms with E-state index < -0.39 is 0 Å². The van der Waals surface area contributed by atoms with E-state index in [1.807, 2.05) is 0 Å². The van der Waals surface area contributed by atoms with Crippen molar-refractivity contribution >= 4 is 12.6 Å². The second-order valence-corrected chi connectivity index (χ2v) is 6.89. The Morgan fingerprint density at radius 1 is 1.06 bits per heavy atom. The number of hydrogen-bond donors (Lipinski definition) is 1. The van der Waals surface area contributed by atoms with Crippen LogP contribution in [0.25, 0.3) is 0 Å². The summed E-state index contributed by atoms with van der Waals surface area (Å²) in [4.78, 5) is 5.36. The van der Waals surface area contributed by atoms with Crippen LogP contribution in [-0.4, -0.2) is 54.3 Å². The molecule has 2 rings (SSSR count). The Kier molecular flexibility index (Phi) is 4.79. The minimum absolute atomic E-state index is 0.360. The van der Waals surface area contributed by atoms with Gasteiger partial charge in [0.25, 0.3) is 0 Å². The first-order valence-electron chi connectivity index (χ1n) is 7.18. The van der Waals surface area contributed by atoms with E-state index in [1.165, 1.54) is 58.4 Å². The Labute approximate surface area is 112 Å². The van der Waals surface area contributed by atoms with Crippen molar-refractivity contribution in [3.8, 4) is 0 Å². The normalized spacial score (nSPS) is 25.6. The van der Waals surface area contributed by atoms with Crippen LogP contribution < -0.4 is 0 Å². The molecule has 17 heavy (non-hydrogen) atoms. The highest BCUT2D eigenvalue weighted by Crippen LogP contribution is 2.25. The molecular weight excluding hydrogens is 228 g/mol. The van der Waals surface area contributed by atoms with Gasteiger partial charge in [0, 0.05) is 38.8 Å². The molecule has 0 amide bonds. The van der Waals surface area contributed by atoms with Crippen LogP contribution in [-0.2, 0) is 0 Å². The van der Waals surface area contributed by atoms with Crippen LogP contribution in [0, 0.1) is 5.41 Å². The molecule has 1 aliphatic heterocycles. The van der Waals surface area contributed by atoms with Gasteiger partial charge in [0.05, 0.1) is 0 Å². The summed E-state index contributed by atoms with van der Waals surface area (Å²) in [6.45, 7) is 10.9. The van der Waals surface area contributed by atoms with Gasteiger partial charge < -0.3 is 4.90 Å². The summed E-state index contributed by atoms with van der Waals surface area (Å²) < 4.78 is 0. The van der Waals surface area contributed by atoms with Crippen LogP contribution in [0.4, 0.5) is 0 Å². The summed E-state index contributed by atoms with van der Waals surface area (Å²) in [6, 6.07) is 0.912. The maximum atomic E-state index is 4.45. The molecule has 0 atom stereocenters. The first kappa shape index (κ1) is 13.7. The molecule has 2 nitrogen and oxygen atoms in total. The molecule has 2 fully saturated rings. The van der Waals surface area contributed by atoms with Crippen LogP contribution in [0.15, 0.2) is 0 Å². The molecule has 100 valence electrons. The topological polar surface area (TPSA) is 6.48 Å². The average molecular weight is 256 g/mol. The number of rotatable bonds is 4. The number of piperazine rings is 1. The maximum absolute atomic E-state index is 4.45. The predicted molar refractivity (Wildman–Crippen MR) is 77.9 cm³/mol. The number of thiol groups is 1. The summed E-state index contributed by atoms with van der Waals surface area (Å²) in [5, 5.41) is 0. The molecule has 3 heteroatoms. The average Bonchev–Trinajstić information content (AvgIpc) is 2.83. The highest BCUT2D eigenvalue weighted by Gasteiger charge is 2.28. The molecule has 1 saturated carbocycles. The summed E-state index contributed by atoms with van der Waals surface area (Å²) in [7, 11) is 0. The van der Waals surface area contributed by atoms with Gasteiger partial charge in [-0.05, 0) is 24.0 Å². The molecule has 0 unspecified atom stereocenters. The van der Waals surface area contributed by atoms with Crippen molar-refractivity contribution < 1.29 is 0 Å². The summed E-state index contributed by atoms with van der Waals surface area (Å²) in [6.07, 6.45) is 5.80. The molecule has 1 saturated heterocycles. The van der Waals surface area contributed by atoms with Crippen LogP contribution in [0.2, 0.25) is 0 Å². The Hall–Kier alpha value is 0.270. The first-order valence-corrected chi connectivity index (χ1v) is 7.81. The molecule has 1 aliphatic carbocycles. The van der Waals surface area contributed by atoms with Crippen molar-refractivity contribution in [2.24, 2.45) is 5.41 Å². The quantitative estimate of drug-likeness (QED) is 0.772. The van der Waals surface area contributed by atoms with Crippen LogP contribution in [0.3, 0.4) is 0 Å². The van der Waals surface area contributed by atoms with Gasteiger partial charge in [-0.2, -0.15) is 12.6 Å². The van der Waals surface area contributed by atoms with Crippen molar-refractivity contribution in [3.05, 3.63) is 0 Å². The third-order valence-corrected chi connectivity index (χ3v) is 5.18. The summed E-state index contributed by atoms with van der Waals surface area (Å²) in [5.74, 6) is 0.982. The van der Waals surface area contributed by atoms with Gasteiger partial charge in [-0.15, -0.1) is 0 Å². The molecule has 1 heterocycles. The Morgan fingerprint density at radius 2 is 1.65 bits per heavy atom. The molecule has 0 aromatic carbocycles. The molecule has 0 aromatic heterocycles. The van der Waals surface area contributed by atoms with Gasteiger partial charge in [0.1, 0.15) is 0 Å². The molecule has 0 spiro atoms. The van der Waals surface area contributed by atoms with Crippen molar-refractivity contribution in [1.82, 2.24) is 9.80 Å². The van der Waals surface area contributed by atoms with E-state index >= 15 is 0 Å². The van der Waals surface area contributed by atoms with Gasteiger partial charge in [-0.25, -0.2) is 0 Å². The van der Waals surface area contributed by atoms with Crippen molar-refractivity contribution in [2.45, 2.75) is 45.6 Å². The molecule has 0 aromatic rings. The summed E-state index contributed by atoms with van der Waals surface area (Å²) >= 11 is 4.45. The second-order valence-electron chi connectivity index (χ2n) is 6.57. The van der Waals surface area contributed by atoms with Crippen molar-refractivity contribution in [2.75, 3.05) is 38.5 Å².